The fraction of sp³-hybridized carbons (Fsp3) is 0.100. The molecule has 0 N–H and O–H groups in total. The molecule has 0 saturated carbocycles. The van der Waals surface area contributed by atoms with E-state index in [0.717, 1.165) is 16.7 Å². The van der Waals surface area contributed by atoms with Gasteiger partial charge in [0.15, 0.2) is 0 Å². The van der Waals surface area contributed by atoms with Gasteiger partial charge in [0.05, 0.1) is 0 Å². The summed E-state index contributed by atoms with van der Waals surface area (Å²) in [5.74, 6) is 0.550. The van der Waals surface area contributed by atoms with E-state index in [0.29, 0.717) is 6.42 Å². The highest BCUT2D eigenvalue weighted by Gasteiger charge is 2.01. The summed E-state index contributed by atoms with van der Waals surface area (Å²) in [5, 5.41) is 0.800. The average molecular weight is 163 g/mol. The van der Waals surface area contributed by atoms with Crippen LogP contribution >= 0.6 is 0 Å². The number of halogens is 1. The number of hydrogen-bond acceptors (Lipinski definition) is 1. The summed E-state index contributed by atoms with van der Waals surface area (Å²) in [7, 11) is 0. The van der Waals surface area contributed by atoms with E-state index in [1.54, 1.807) is 6.07 Å². The molecule has 0 amide bonds. The van der Waals surface area contributed by atoms with Crippen LogP contribution in [0.25, 0.3) is 11.0 Å². The van der Waals surface area contributed by atoms with E-state index in [1.807, 2.05) is 6.07 Å². The van der Waals surface area contributed by atoms with Gasteiger partial charge in [-0.3, -0.25) is 0 Å². The Kier molecular flexibility index (Phi) is 1.61. The van der Waals surface area contributed by atoms with Gasteiger partial charge in [-0.2, -0.15) is 0 Å². The molecule has 1 aromatic heterocycles. The van der Waals surface area contributed by atoms with Crippen LogP contribution in [0.3, 0.4) is 0 Å². The first-order chi connectivity index (χ1) is 5.79. The van der Waals surface area contributed by atoms with Gasteiger partial charge in [0, 0.05) is 11.8 Å². The largest absolute Gasteiger partial charge is 0.461 e. The summed E-state index contributed by atoms with van der Waals surface area (Å²) in [6.45, 7) is 3.69. The van der Waals surface area contributed by atoms with Crippen LogP contribution in [0.4, 0.5) is 4.39 Å². The monoisotopic (exact) mass is 163 g/mol. The molecule has 12 heavy (non-hydrogen) atoms. The molecule has 0 aliphatic rings. The molecule has 1 radical (unpaired) electrons. The zero-order valence-corrected chi connectivity index (χ0v) is 6.51. The molecular formula is C10H8FO. The molecule has 1 heterocycles. The smallest absolute Gasteiger partial charge is 0.134 e. The Morgan fingerprint density at radius 3 is 2.92 bits per heavy atom. The molecular weight excluding hydrogens is 155 g/mol. The maximum absolute atomic E-state index is 12.7. The number of benzene rings is 1. The molecule has 2 rings (SSSR count). The van der Waals surface area contributed by atoms with Crippen molar-refractivity contribution < 1.29 is 8.81 Å². The average Bonchev–Trinajstić information content (AvgIpc) is 2.46. The van der Waals surface area contributed by atoms with Crippen molar-refractivity contribution in [3.63, 3.8) is 0 Å². The van der Waals surface area contributed by atoms with Crippen molar-refractivity contribution in [1.29, 1.82) is 0 Å². The van der Waals surface area contributed by atoms with Gasteiger partial charge >= 0.3 is 0 Å². The summed E-state index contributed by atoms with van der Waals surface area (Å²) >= 11 is 0. The van der Waals surface area contributed by atoms with E-state index in [9.17, 15) is 4.39 Å². The zero-order valence-electron chi connectivity index (χ0n) is 6.51. The van der Waals surface area contributed by atoms with Crippen LogP contribution in [0.1, 0.15) is 5.76 Å². The Hall–Kier alpha value is -1.31. The minimum Gasteiger partial charge on any atom is -0.461 e. The molecule has 0 aliphatic carbocycles. The number of fused-ring (bicyclic) bond motifs is 1. The highest BCUT2D eigenvalue weighted by atomic mass is 19.1. The SMILES string of the molecule is [CH2]Cc1cc2cc(F)ccc2o1. The quantitative estimate of drug-likeness (QED) is 0.630. The van der Waals surface area contributed by atoms with Crippen molar-refractivity contribution in [2.45, 2.75) is 6.42 Å². The van der Waals surface area contributed by atoms with Crippen LogP contribution in [-0.2, 0) is 6.42 Å². The van der Waals surface area contributed by atoms with Crippen molar-refractivity contribution >= 4 is 11.0 Å². The van der Waals surface area contributed by atoms with Crippen molar-refractivity contribution in [3.05, 3.63) is 42.8 Å². The number of furan rings is 1. The van der Waals surface area contributed by atoms with Gasteiger partial charge in [-0.1, -0.05) is 0 Å². The molecule has 0 fully saturated rings. The topological polar surface area (TPSA) is 13.1 Å². The lowest BCUT2D eigenvalue weighted by Gasteiger charge is -1.86. The molecule has 1 aromatic carbocycles. The van der Waals surface area contributed by atoms with E-state index < -0.39 is 0 Å². The van der Waals surface area contributed by atoms with Gasteiger partial charge in [0.2, 0.25) is 0 Å². The predicted octanol–water partition coefficient (Wildman–Crippen LogP) is 2.95. The molecule has 1 nitrogen and oxygen atoms in total. The second-order valence-corrected chi connectivity index (χ2v) is 2.64. The third-order valence-corrected chi connectivity index (χ3v) is 1.78. The highest BCUT2D eigenvalue weighted by molar-refractivity contribution is 5.77. The summed E-state index contributed by atoms with van der Waals surface area (Å²) in [6, 6.07) is 6.28. The first kappa shape index (κ1) is 7.35. The Labute approximate surface area is 69.8 Å². The van der Waals surface area contributed by atoms with Gasteiger partial charge in [-0.25, -0.2) is 4.39 Å². The maximum atomic E-state index is 12.7. The van der Waals surface area contributed by atoms with Gasteiger partial charge in [0.1, 0.15) is 17.2 Å². The van der Waals surface area contributed by atoms with E-state index in [-0.39, 0.29) is 5.82 Å². The van der Waals surface area contributed by atoms with Gasteiger partial charge < -0.3 is 4.42 Å². The van der Waals surface area contributed by atoms with Crippen LogP contribution in [0.15, 0.2) is 28.7 Å². The maximum Gasteiger partial charge on any atom is 0.134 e. The second-order valence-electron chi connectivity index (χ2n) is 2.64. The zero-order chi connectivity index (χ0) is 8.55. The lowest BCUT2D eigenvalue weighted by molar-refractivity contribution is 0.563. The van der Waals surface area contributed by atoms with E-state index in [1.165, 1.54) is 12.1 Å². The Bertz CT molecular complexity index is 403. The number of rotatable bonds is 1. The van der Waals surface area contributed by atoms with Crippen LogP contribution in [-0.4, -0.2) is 0 Å². The van der Waals surface area contributed by atoms with E-state index in [2.05, 4.69) is 6.92 Å². The Morgan fingerprint density at radius 2 is 2.17 bits per heavy atom. The Morgan fingerprint density at radius 1 is 1.33 bits per heavy atom. The minimum atomic E-state index is -0.237. The van der Waals surface area contributed by atoms with Gasteiger partial charge in [0.25, 0.3) is 0 Å². The van der Waals surface area contributed by atoms with Crippen LogP contribution in [0.5, 0.6) is 0 Å². The van der Waals surface area contributed by atoms with Crippen molar-refractivity contribution in [1.82, 2.24) is 0 Å². The second kappa shape index (κ2) is 2.63. The normalized spacial score (nSPS) is 10.8. The molecule has 0 spiro atoms. The fourth-order valence-electron chi connectivity index (χ4n) is 1.19. The molecule has 0 saturated heterocycles. The molecule has 61 valence electrons. The first-order valence-electron chi connectivity index (χ1n) is 3.77. The van der Waals surface area contributed by atoms with Crippen LogP contribution in [0.2, 0.25) is 0 Å². The predicted molar refractivity (Wildman–Crippen MR) is 45.2 cm³/mol. The van der Waals surface area contributed by atoms with Crippen LogP contribution in [0, 0.1) is 12.7 Å². The summed E-state index contributed by atoms with van der Waals surface area (Å²) in [4.78, 5) is 0. The minimum absolute atomic E-state index is 0.237. The van der Waals surface area contributed by atoms with Crippen molar-refractivity contribution in [2.24, 2.45) is 0 Å². The fourth-order valence-corrected chi connectivity index (χ4v) is 1.19. The lowest BCUT2D eigenvalue weighted by atomic mass is 10.2. The van der Waals surface area contributed by atoms with Crippen molar-refractivity contribution in [2.75, 3.05) is 0 Å². The standard InChI is InChI=1S/C10H8FO/c1-2-9-6-7-5-8(11)3-4-10(7)12-9/h3-6H,1-2H2. The van der Waals surface area contributed by atoms with Crippen molar-refractivity contribution in [3.8, 4) is 0 Å². The van der Waals surface area contributed by atoms with Gasteiger partial charge in [-0.05, 0) is 31.2 Å². The first-order valence-corrected chi connectivity index (χ1v) is 3.77. The molecule has 2 heteroatoms. The lowest BCUT2D eigenvalue weighted by Crippen LogP contribution is -1.69. The third kappa shape index (κ3) is 1.09. The summed E-state index contributed by atoms with van der Waals surface area (Å²) in [6.07, 6.45) is 0.594. The van der Waals surface area contributed by atoms with E-state index >= 15 is 0 Å². The molecule has 0 atom stereocenters. The highest BCUT2D eigenvalue weighted by Crippen LogP contribution is 2.20. The third-order valence-electron chi connectivity index (χ3n) is 1.78. The Balaban J connectivity index is 2.67. The number of hydrogen-bond donors (Lipinski definition) is 0. The molecule has 0 unspecified atom stereocenters. The molecule has 0 bridgehead atoms. The summed E-state index contributed by atoms with van der Waals surface area (Å²) < 4.78 is 18.0. The van der Waals surface area contributed by atoms with Gasteiger partial charge in [-0.15, -0.1) is 0 Å². The van der Waals surface area contributed by atoms with E-state index in [4.69, 9.17) is 4.42 Å². The molecule has 0 aliphatic heterocycles. The van der Waals surface area contributed by atoms with Crippen LogP contribution < -0.4 is 0 Å². The summed E-state index contributed by atoms with van der Waals surface area (Å²) in [5.41, 5.74) is 0.718. The molecule has 2 aromatic rings.